The molecule has 0 fully saturated rings. The molecule has 0 aliphatic rings. The fraction of sp³-hybridized carbons (Fsp3) is 0.250. The van der Waals surface area contributed by atoms with Crippen LogP contribution >= 0.6 is 0 Å². The number of hydrogen-bond donors (Lipinski definition) is 1. The van der Waals surface area contributed by atoms with E-state index in [0.717, 1.165) is 5.56 Å². The molecule has 0 heterocycles. The third-order valence-corrected chi connectivity index (χ3v) is 6.84. The molecule has 0 aromatic heterocycles. The summed E-state index contributed by atoms with van der Waals surface area (Å²) in [5.74, 6) is 0. The van der Waals surface area contributed by atoms with Crippen LogP contribution in [0.3, 0.4) is 0 Å². The minimum atomic E-state index is -4.17. The third kappa shape index (κ3) is 4.19. The van der Waals surface area contributed by atoms with Crippen LogP contribution in [0.1, 0.15) is 26.3 Å². The molecule has 0 aliphatic carbocycles. The molecule has 0 atom stereocenters. The van der Waals surface area contributed by atoms with Crippen molar-refractivity contribution in [2.75, 3.05) is 0 Å². The van der Waals surface area contributed by atoms with Gasteiger partial charge in [-0.25, -0.2) is 16.8 Å². The normalized spacial score (nSPS) is 13.0. The largest absolute Gasteiger partial charge is 0.253 e. The molecule has 5 nitrogen and oxygen atoms in total. The van der Waals surface area contributed by atoms with Gasteiger partial charge in [0.25, 0.3) is 20.0 Å². The van der Waals surface area contributed by atoms with Gasteiger partial charge in [-0.1, -0.05) is 51.1 Å². The highest BCUT2D eigenvalue weighted by Crippen LogP contribution is 2.23. The molecule has 0 amide bonds. The first-order valence-corrected chi connectivity index (χ1v) is 9.93. The van der Waals surface area contributed by atoms with Gasteiger partial charge in [-0.3, -0.25) is 0 Å². The second-order valence-electron chi connectivity index (χ2n) is 6.18. The molecule has 0 aliphatic heterocycles. The fourth-order valence-electron chi connectivity index (χ4n) is 1.97. The molecule has 0 saturated heterocycles. The molecule has 0 radical (unpaired) electrons. The van der Waals surface area contributed by atoms with Crippen molar-refractivity contribution in [2.24, 2.45) is 0 Å². The molecule has 2 aromatic rings. The van der Waals surface area contributed by atoms with Gasteiger partial charge in [0.1, 0.15) is 0 Å². The summed E-state index contributed by atoms with van der Waals surface area (Å²) in [6.45, 7) is 6.03. The van der Waals surface area contributed by atoms with Gasteiger partial charge >= 0.3 is 0 Å². The van der Waals surface area contributed by atoms with E-state index < -0.39 is 20.0 Å². The lowest BCUT2D eigenvalue weighted by atomic mass is 9.87. The molecule has 124 valence electrons. The fourth-order valence-corrected chi connectivity index (χ4v) is 4.91. The lowest BCUT2D eigenvalue weighted by Gasteiger charge is -2.19. The Hall–Kier alpha value is -1.70. The predicted molar refractivity (Wildman–Crippen MR) is 89.1 cm³/mol. The average molecular weight is 353 g/mol. The summed E-state index contributed by atoms with van der Waals surface area (Å²) >= 11 is 0. The minimum Gasteiger partial charge on any atom is -0.206 e. The first-order valence-electron chi connectivity index (χ1n) is 6.97. The predicted octanol–water partition coefficient (Wildman–Crippen LogP) is 2.65. The summed E-state index contributed by atoms with van der Waals surface area (Å²) in [5.41, 5.74) is 0.841. The minimum absolute atomic E-state index is 0.0926. The van der Waals surface area contributed by atoms with Gasteiger partial charge in [-0.05, 0) is 35.2 Å². The van der Waals surface area contributed by atoms with Gasteiger partial charge in [-0.2, -0.15) is 0 Å². The number of rotatable bonds is 4. The Bertz CT molecular complexity index is 879. The highest BCUT2D eigenvalue weighted by Gasteiger charge is 2.24. The van der Waals surface area contributed by atoms with E-state index in [2.05, 4.69) is 0 Å². The van der Waals surface area contributed by atoms with Crippen molar-refractivity contribution >= 4 is 20.0 Å². The van der Waals surface area contributed by atoms with Crippen LogP contribution in [0.4, 0.5) is 0 Å². The van der Waals surface area contributed by atoms with Crippen molar-refractivity contribution in [3.63, 3.8) is 0 Å². The Labute approximate surface area is 137 Å². The Morgan fingerprint density at radius 3 is 1.57 bits per heavy atom. The summed E-state index contributed by atoms with van der Waals surface area (Å²) in [6.07, 6.45) is 0. The molecule has 0 bridgehead atoms. The third-order valence-electron chi connectivity index (χ3n) is 3.30. The van der Waals surface area contributed by atoms with Gasteiger partial charge in [0, 0.05) is 0 Å². The molecule has 23 heavy (non-hydrogen) atoms. The maximum absolute atomic E-state index is 12.3. The molecule has 7 heteroatoms. The van der Waals surface area contributed by atoms with Gasteiger partial charge < -0.3 is 0 Å². The number of benzene rings is 2. The van der Waals surface area contributed by atoms with E-state index in [1.807, 2.05) is 20.8 Å². The Morgan fingerprint density at radius 1 is 0.696 bits per heavy atom. The molecule has 0 spiro atoms. The average Bonchev–Trinajstić information content (AvgIpc) is 2.46. The molecule has 1 N–H and O–H groups in total. The van der Waals surface area contributed by atoms with Crippen molar-refractivity contribution in [2.45, 2.75) is 36.0 Å². The maximum atomic E-state index is 12.3. The smallest absolute Gasteiger partial charge is 0.206 e. The van der Waals surface area contributed by atoms with E-state index in [-0.39, 0.29) is 15.2 Å². The van der Waals surface area contributed by atoms with Crippen LogP contribution < -0.4 is 4.13 Å². The Kier molecular flexibility index (Phi) is 4.66. The molecular formula is C16H19NO4S2. The Morgan fingerprint density at radius 2 is 1.13 bits per heavy atom. The zero-order valence-corrected chi connectivity index (χ0v) is 14.8. The molecule has 0 saturated carbocycles. The van der Waals surface area contributed by atoms with Gasteiger partial charge in [0.15, 0.2) is 0 Å². The quantitative estimate of drug-likeness (QED) is 0.916. The maximum Gasteiger partial charge on any atom is 0.253 e. The summed E-state index contributed by atoms with van der Waals surface area (Å²) in [5, 5.41) is 0. The van der Waals surface area contributed by atoms with E-state index in [9.17, 15) is 16.8 Å². The SMILES string of the molecule is CC(C)(C)c1ccc(S(=O)(=O)NS(=O)(=O)c2ccccc2)cc1. The van der Waals surface area contributed by atoms with Crippen LogP contribution in [0.25, 0.3) is 0 Å². The van der Waals surface area contributed by atoms with E-state index in [1.54, 1.807) is 22.3 Å². The first kappa shape index (κ1) is 17.7. The van der Waals surface area contributed by atoms with Gasteiger partial charge in [0.05, 0.1) is 9.79 Å². The van der Waals surface area contributed by atoms with E-state index in [4.69, 9.17) is 0 Å². The van der Waals surface area contributed by atoms with Crippen molar-refractivity contribution in [3.8, 4) is 0 Å². The van der Waals surface area contributed by atoms with Crippen molar-refractivity contribution < 1.29 is 16.8 Å². The standard InChI is InChI=1S/C16H19NO4S2/c1-16(2,3)13-9-11-15(12-10-13)23(20,21)17-22(18,19)14-7-5-4-6-8-14/h4-12,17H,1-3H3. The van der Waals surface area contributed by atoms with Crippen molar-refractivity contribution in [3.05, 3.63) is 60.2 Å². The second-order valence-corrected chi connectivity index (χ2v) is 9.80. The first-order chi connectivity index (χ1) is 10.5. The zero-order valence-electron chi connectivity index (χ0n) is 13.1. The van der Waals surface area contributed by atoms with Crippen LogP contribution in [-0.2, 0) is 25.5 Å². The van der Waals surface area contributed by atoms with Crippen LogP contribution in [0, 0.1) is 0 Å². The Balaban J connectivity index is 2.33. The van der Waals surface area contributed by atoms with Crippen LogP contribution in [0.5, 0.6) is 0 Å². The highest BCUT2D eigenvalue weighted by atomic mass is 32.3. The molecular weight excluding hydrogens is 334 g/mol. The molecule has 2 aromatic carbocycles. The van der Waals surface area contributed by atoms with Crippen LogP contribution in [-0.4, -0.2) is 16.8 Å². The zero-order chi connectivity index (χ0) is 17.3. The summed E-state index contributed by atoms with van der Waals surface area (Å²) in [4.78, 5) is -0.195. The summed E-state index contributed by atoms with van der Waals surface area (Å²) in [6, 6.07) is 13.6. The lowest BCUT2D eigenvalue weighted by Crippen LogP contribution is -2.30. The number of nitrogens with one attached hydrogen (secondary N) is 1. The van der Waals surface area contributed by atoms with Gasteiger partial charge in [-0.15, -0.1) is 4.13 Å². The summed E-state index contributed by atoms with van der Waals surface area (Å²) < 4.78 is 50.7. The van der Waals surface area contributed by atoms with Crippen LogP contribution in [0.15, 0.2) is 64.4 Å². The number of hydrogen-bond acceptors (Lipinski definition) is 4. The van der Waals surface area contributed by atoms with Gasteiger partial charge in [0.2, 0.25) is 0 Å². The molecule has 2 rings (SSSR count). The van der Waals surface area contributed by atoms with E-state index in [0.29, 0.717) is 0 Å². The summed E-state index contributed by atoms with van der Waals surface area (Å²) in [7, 11) is -8.31. The van der Waals surface area contributed by atoms with Crippen LogP contribution in [0.2, 0.25) is 0 Å². The van der Waals surface area contributed by atoms with Crippen molar-refractivity contribution in [1.29, 1.82) is 0 Å². The number of sulfonamides is 2. The van der Waals surface area contributed by atoms with E-state index in [1.165, 1.54) is 36.4 Å². The van der Waals surface area contributed by atoms with Crippen molar-refractivity contribution in [1.82, 2.24) is 4.13 Å². The molecule has 0 unspecified atom stereocenters. The lowest BCUT2D eigenvalue weighted by molar-refractivity contribution is 0.575. The topological polar surface area (TPSA) is 80.3 Å². The second kappa shape index (κ2) is 6.07. The van der Waals surface area contributed by atoms with E-state index >= 15 is 0 Å². The monoisotopic (exact) mass is 353 g/mol. The highest BCUT2D eigenvalue weighted by molar-refractivity contribution is 8.04.